The van der Waals surface area contributed by atoms with E-state index >= 15 is 0 Å². The molecule has 3 fully saturated rings. The van der Waals surface area contributed by atoms with Gasteiger partial charge >= 0.3 is 0 Å². The summed E-state index contributed by atoms with van der Waals surface area (Å²) < 4.78 is 6.87. The van der Waals surface area contributed by atoms with E-state index < -0.39 is 8.32 Å². The molecule has 0 aromatic heterocycles. The summed E-state index contributed by atoms with van der Waals surface area (Å²) in [6, 6.07) is 0. The molecule has 0 amide bonds. The average Bonchev–Trinajstić information content (AvgIpc) is 2.96. The number of Topliss-reactive ketones (excluding diaryl/α,β-unsaturated/α-hetero) is 1. The van der Waals surface area contributed by atoms with Crippen LogP contribution in [0.25, 0.3) is 0 Å². The highest BCUT2D eigenvalue weighted by molar-refractivity contribution is 6.74. The number of allylic oxidation sites excluding steroid dienone is 2. The highest BCUT2D eigenvalue weighted by Crippen LogP contribution is 2.66. The second-order valence-corrected chi connectivity index (χ2v) is 18.5. The van der Waals surface area contributed by atoms with Gasteiger partial charge in [0.15, 0.2) is 8.32 Å². The summed E-state index contributed by atoms with van der Waals surface area (Å²) >= 11 is 0. The van der Waals surface area contributed by atoms with Gasteiger partial charge in [-0.2, -0.15) is 0 Å². The molecule has 180 valence electrons. The molecule has 32 heavy (non-hydrogen) atoms. The Hall–Kier alpha value is -0.673. The van der Waals surface area contributed by atoms with Crippen molar-refractivity contribution in [2.45, 2.75) is 111 Å². The second-order valence-electron chi connectivity index (χ2n) is 13.8. The zero-order valence-electron chi connectivity index (χ0n) is 22.1. The lowest BCUT2D eigenvalue weighted by Gasteiger charge is -2.58. The van der Waals surface area contributed by atoms with E-state index in [1.54, 1.807) is 5.57 Å². The van der Waals surface area contributed by atoms with Gasteiger partial charge < -0.3 is 4.43 Å². The molecule has 0 saturated heterocycles. The summed E-state index contributed by atoms with van der Waals surface area (Å²) in [7, 11) is -1.74. The maximum atomic E-state index is 13.2. The van der Waals surface area contributed by atoms with E-state index in [4.69, 9.17) is 4.43 Å². The maximum absolute atomic E-state index is 13.2. The van der Waals surface area contributed by atoms with Crippen molar-refractivity contribution >= 4 is 14.1 Å². The second kappa shape index (κ2) is 7.94. The Balaban J connectivity index is 1.55. The minimum Gasteiger partial charge on any atom is -0.414 e. The number of fused-ring (bicyclic) bond motifs is 5. The number of hydrogen-bond acceptors (Lipinski definition) is 2. The molecule has 0 heterocycles. The summed E-state index contributed by atoms with van der Waals surface area (Å²) in [6.07, 6.45) is 13.1. The Morgan fingerprint density at radius 2 is 1.84 bits per heavy atom. The lowest BCUT2D eigenvalue weighted by Crippen LogP contribution is -2.52. The summed E-state index contributed by atoms with van der Waals surface area (Å²) in [6.45, 7) is 23.1. The van der Waals surface area contributed by atoms with Crippen LogP contribution in [0.4, 0.5) is 0 Å². The van der Waals surface area contributed by atoms with Crippen molar-refractivity contribution in [2.24, 2.45) is 40.4 Å². The third kappa shape index (κ3) is 3.65. The third-order valence-electron chi connectivity index (χ3n) is 11.1. The molecule has 4 aliphatic carbocycles. The molecule has 0 N–H and O–H groups in total. The first-order valence-electron chi connectivity index (χ1n) is 13.3. The molecule has 3 saturated carbocycles. The molecule has 0 bridgehead atoms. The van der Waals surface area contributed by atoms with E-state index in [0.29, 0.717) is 35.1 Å². The zero-order chi connectivity index (χ0) is 23.7. The Kier molecular flexibility index (Phi) is 6.06. The van der Waals surface area contributed by atoms with Crippen LogP contribution in [-0.4, -0.2) is 20.2 Å². The molecular weight excluding hydrogens is 408 g/mol. The highest BCUT2D eigenvalue weighted by atomic mass is 28.4. The number of carbonyl (C=O) groups excluding carboxylic acids is 1. The number of hydrogen-bond donors (Lipinski definition) is 0. The van der Waals surface area contributed by atoms with Crippen molar-refractivity contribution < 1.29 is 9.22 Å². The van der Waals surface area contributed by atoms with Gasteiger partial charge in [0, 0.05) is 18.4 Å². The molecule has 1 unspecified atom stereocenters. The summed E-state index contributed by atoms with van der Waals surface area (Å²) in [5.74, 6) is 2.94. The minimum absolute atomic E-state index is 0.163. The van der Waals surface area contributed by atoms with Crippen LogP contribution in [0.1, 0.15) is 86.5 Å². The van der Waals surface area contributed by atoms with Gasteiger partial charge in [-0.15, -0.1) is 6.58 Å². The van der Waals surface area contributed by atoms with E-state index in [-0.39, 0.29) is 16.4 Å². The van der Waals surface area contributed by atoms with Crippen molar-refractivity contribution in [1.29, 1.82) is 0 Å². The van der Waals surface area contributed by atoms with E-state index in [0.717, 1.165) is 18.8 Å². The molecule has 3 heteroatoms. The molecule has 4 aliphatic rings. The van der Waals surface area contributed by atoms with Crippen LogP contribution < -0.4 is 0 Å². The number of rotatable bonds is 4. The largest absolute Gasteiger partial charge is 0.414 e. The first-order valence-corrected chi connectivity index (χ1v) is 16.2. The van der Waals surface area contributed by atoms with Gasteiger partial charge in [-0.25, -0.2) is 0 Å². The summed E-state index contributed by atoms with van der Waals surface area (Å²) in [5.41, 5.74) is 2.15. The standard InChI is InChI=1S/C29H48O2Si/c1-10-19(2)26-25(30)18-24-22-12-11-20-17-21(31-32(8,9)27(3,4)5)13-15-28(20,6)23(22)14-16-29(24,26)7/h10-11,19,21-24,26H,1,12-18H2,2-9H3/t19-,21+,22-,23+,24+,26?,28+,29+/m1/s1. The Morgan fingerprint density at radius 3 is 2.47 bits per heavy atom. The Morgan fingerprint density at radius 1 is 1.16 bits per heavy atom. The first kappa shape index (κ1) is 24.5. The van der Waals surface area contributed by atoms with Gasteiger partial charge in [-0.3, -0.25) is 4.79 Å². The molecule has 2 nitrogen and oxygen atoms in total. The van der Waals surface area contributed by atoms with Crippen LogP contribution in [0.3, 0.4) is 0 Å². The normalized spacial score (nSPS) is 43.1. The molecule has 0 spiro atoms. The molecule has 4 rings (SSSR count). The van der Waals surface area contributed by atoms with Gasteiger partial charge in [0.2, 0.25) is 0 Å². The molecule has 8 atom stereocenters. The van der Waals surface area contributed by atoms with Gasteiger partial charge in [-0.05, 0) is 91.2 Å². The summed E-state index contributed by atoms with van der Waals surface area (Å²) in [4.78, 5) is 13.2. The van der Waals surface area contributed by atoms with Gasteiger partial charge in [0.05, 0.1) is 0 Å². The lowest BCUT2D eigenvalue weighted by molar-refractivity contribution is -0.123. The van der Waals surface area contributed by atoms with E-state index in [9.17, 15) is 4.79 Å². The molecule has 0 aliphatic heterocycles. The van der Waals surface area contributed by atoms with E-state index in [2.05, 4.69) is 67.3 Å². The monoisotopic (exact) mass is 456 g/mol. The fourth-order valence-electron chi connectivity index (χ4n) is 8.18. The molecule has 0 radical (unpaired) electrons. The minimum atomic E-state index is -1.74. The van der Waals surface area contributed by atoms with E-state index in [1.807, 2.05) is 6.08 Å². The quantitative estimate of drug-likeness (QED) is 0.317. The lowest BCUT2D eigenvalue weighted by atomic mass is 9.47. The highest BCUT2D eigenvalue weighted by Gasteiger charge is 2.61. The van der Waals surface area contributed by atoms with Crippen LogP contribution in [-0.2, 0) is 9.22 Å². The van der Waals surface area contributed by atoms with Crippen LogP contribution in [0.15, 0.2) is 24.3 Å². The van der Waals surface area contributed by atoms with Crippen molar-refractivity contribution in [2.75, 3.05) is 0 Å². The van der Waals surface area contributed by atoms with Crippen molar-refractivity contribution in [3.05, 3.63) is 24.3 Å². The predicted octanol–water partition coefficient (Wildman–Crippen LogP) is 7.96. The van der Waals surface area contributed by atoms with Crippen LogP contribution in [0, 0.1) is 40.4 Å². The predicted molar refractivity (Wildman–Crippen MR) is 137 cm³/mol. The first-order chi connectivity index (χ1) is 14.7. The van der Waals surface area contributed by atoms with Gasteiger partial charge in [0.1, 0.15) is 5.78 Å². The van der Waals surface area contributed by atoms with Crippen LogP contribution in [0.2, 0.25) is 18.1 Å². The molecule has 0 aromatic rings. The zero-order valence-corrected chi connectivity index (χ0v) is 23.1. The van der Waals surface area contributed by atoms with Crippen molar-refractivity contribution in [3.8, 4) is 0 Å². The number of ketones is 1. The van der Waals surface area contributed by atoms with Crippen molar-refractivity contribution in [1.82, 2.24) is 0 Å². The maximum Gasteiger partial charge on any atom is 0.192 e. The van der Waals surface area contributed by atoms with Crippen LogP contribution in [0.5, 0.6) is 0 Å². The smallest absolute Gasteiger partial charge is 0.192 e. The SMILES string of the molecule is C=C[C@@H](C)C1C(=O)C[C@H]2[C@@H]3CC=C4C[C@@H](O[Si](C)(C)C(C)(C)C)CC[C@]4(C)[C@H]3CC[C@]12C. The van der Waals surface area contributed by atoms with Gasteiger partial charge in [0.25, 0.3) is 0 Å². The fraction of sp³-hybridized carbons (Fsp3) is 0.828. The Bertz CT molecular complexity index is 804. The molecule has 0 aromatic carbocycles. The van der Waals surface area contributed by atoms with Crippen LogP contribution >= 0.6 is 0 Å². The molecular formula is C29H48O2Si. The van der Waals surface area contributed by atoms with Gasteiger partial charge in [-0.1, -0.05) is 59.3 Å². The van der Waals surface area contributed by atoms with E-state index in [1.165, 1.54) is 32.1 Å². The van der Waals surface area contributed by atoms with Crippen molar-refractivity contribution in [3.63, 3.8) is 0 Å². The fourth-order valence-corrected chi connectivity index (χ4v) is 9.57. The number of carbonyl (C=O) groups is 1. The average molecular weight is 457 g/mol. The third-order valence-corrected chi connectivity index (χ3v) is 15.7. The Labute approximate surface area is 198 Å². The topological polar surface area (TPSA) is 26.3 Å². The summed E-state index contributed by atoms with van der Waals surface area (Å²) in [5, 5.41) is 0.266.